The molecule has 0 radical (unpaired) electrons. The molecule has 3 rings (SSSR count). The van der Waals surface area contributed by atoms with E-state index in [2.05, 4.69) is 22.5 Å². The molecule has 2 aromatic carbocycles. The minimum atomic E-state index is -0.245. The topological polar surface area (TPSA) is 64.0 Å². The van der Waals surface area contributed by atoms with Crippen LogP contribution in [-0.4, -0.2) is 21.7 Å². The highest BCUT2D eigenvalue weighted by atomic mass is 16.2. The number of benzene rings is 2. The van der Waals surface area contributed by atoms with Gasteiger partial charge in [-0.2, -0.15) is 5.10 Å². The summed E-state index contributed by atoms with van der Waals surface area (Å²) in [5, 5.41) is 8.38. The smallest absolute Gasteiger partial charge is 0.275 e. The maximum absolute atomic E-state index is 12.4. The number of hydrogen-bond donors (Lipinski definition) is 1. The first-order chi connectivity index (χ1) is 12.1. The van der Waals surface area contributed by atoms with Gasteiger partial charge in [0.1, 0.15) is 6.54 Å². The predicted molar refractivity (Wildman–Crippen MR) is 98.4 cm³/mol. The highest BCUT2D eigenvalue weighted by Crippen LogP contribution is 2.07. The largest absolute Gasteiger partial charge is 0.352 e. The molecular formula is C20H21N3O2. The summed E-state index contributed by atoms with van der Waals surface area (Å²) in [5.41, 5.74) is 1.00. The number of aromatic nitrogens is 2. The zero-order valence-corrected chi connectivity index (χ0v) is 14.2. The number of amides is 1. The molecule has 5 nitrogen and oxygen atoms in total. The van der Waals surface area contributed by atoms with Crippen molar-refractivity contribution in [2.45, 2.75) is 32.4 Å². The molecule has 0 aliphatic rings. The second kappa shape index (κ2) is 7.75. The molecule has 0 fully saturated rings. The lowest BCUT2D eigenvalue weighted by atomic mass is 10.1. The normalized spacial score (nSPS) is 12.0. The summed E-state index contributed by atoms with van der Waals surface area (Å²) in [7, 11) is 0. The number of aryl methyl sites for hydroxylation is 1. The van der Waals surface area contributed by atoms with Gasteiger partial charge in [-0.25, -0.2) is 4.68 Å². The zero-order chi connectivity index (χ0) is 17.6. The van der Waals surface area contributed by atoms with E-state index in [9.17, 15) is 9.59 Å². The van der Waals surface area contributed by atoms with E-state index in [0.717, 1.165) is 18.2 Å². The van der Waals surface area contributed by atoms with Crippen LogP contribution in [0.2, 0.25) is 0 Å². The van der Waals surface area contributed by atoms with E-state index in [4.69, 9.17) is 0 Å². The first-order valence-corrected chi connectivity index (χ1v) is 8.41. The molecule has 25 heavy (non-hydrogen) atoms. The van der Waals surface area contributed by atoms with Crippen molar-refractivity contribution >= 4 is 16.7 Å². The summed E-state index contributed by atoms with van der Waals surface area (Å²) < 4.78 is 1.21. The van der Waals surface area contributed by atoms with Crippen LogP contribution in [0.4, 0.5) is 0 Å². The Morgan fingerprint density at radius 1 is 1.12 bits per heavy atom. The Kier molecular flexibility index (Phi) is 5.23. The van der Waals surface area contributed by atoms with Crippen LogP contribution in [0.3, 0.4) is 0 Å². The van der Waals surface area contributed by atoms with Gasteiger partial charge >= 0.3 is 0 Å². The van der Waals surface area contributed by atoms with Crippen LogP contribution in [0.1, 0.15) is 18.9 Å². The molecule has 1 aromatic heterocycles. The zero-order valence-electron chi connectivity index (χ0n) is 14.2. The molecule has 1 N–H and O–H groups in total. The molecule has 0 aliphatic heterocycles. The SMILES string of the molecule is CC(CCc1ccccc1)NC(=O)Cn1ncc2ccccc2c1=O. The fourth-order valence-corrected chi connectivity index (χ4v) is 2.80. The van der Waals surface area contributed by atoms with Crippen LogP contribution < -0.4 is 10.9 Å². The number of fused-ring (bicyclic) bond motifs is 1. The van der Waals surface area contributed by atoms with E-state index >= 15 is 0 Å². The van der Waals surface area contributed by atoms with Gasteiger partial charge in [-0.1, -0.05) is 48.5 Å². The predicted octanol–water partition coefficient (Wildman–Crippen LogP) is 2.53. The summed E-state index contributed by atoms with van der Waals surface area (Å²) in [6, 6.07) is 17.4. The van der Waals surface area contributed by atoms with Gasteiger partial charge < -0.3 is 5.32 Å². The molecule has 5 heteroatoms. The number of carbonyl (C=O) groups is 1. The molecule has 1 amide bonds. The quantitative estimate of drug-likeness (QED) is 0.753. The summed E-state index contributed by atoms with van der Waals surface area (Å²) in [6.07, 6.45) is 3.36. The minimum absolute atomic E-state index is 0.0314. The Morgan fingerprint density at radius 3 is 2.64 bits per heavy atom. The second-order valence-corrected chi connectivity index (χ2v) is 6.19. The first-order valence-electron chi connectivity index (χ1n) is 8.41. The Hall–Kier alpha value is -2.95. The van der Waals surface area contributed by atoms with E-state index in [1.807, 2.05) is 37.3 Å². The molecule has 1 unspecified atom stereocenters. The molecule has 128 valence electrons. The second-order valence-electron chi connectivity index (χ2n) is 6.19. The number of nitrogens with one attached hydrogen (secondary N) is 1. The maximum Gasteiger partial charge on any atom is 0.275 e. The van der Waals surface area contributed by atoms with Crippen molar-refractivity contribution in [3.8, 4) is 0 Å². The summed E-state index contributed by atoms with van der Waals surface area (Å²) >= 11 is 0. The van der Waals surface area contributed by atoms with Gasteiger partial charge in [0.25, 0.3) is 5.56 Å². The standard InChI is InChI=1S/C20H21N3O2/c1-15(11-12-16-7-3-2-4-8-16)22-19(24)14-23-20(25)18-10-6-5-9-17(18)13-21-23/h2-10,13,15H,11-12,14H2,1H3,(H,22,24). The van der Waals surface area contributed by atoms with Crippen molar-refractivity contribution in [2.24, 2.45) is 0 Å². The molecule has 0 bridgehead atoms. The van der Waals surface area contributed by atoms with E-state index in [1.54, 1.807) is 18.3 Å². The molecule has 1 heterocycles. The molecule has 0 saturated carbocycles. The Morgan fingerprint density at radius 2 is 1.84 bits per heavy atom. The average molecular weight is 335 g/mol. The number of carbonyl (C=O) groups excluding carboxylic acids is 1. The minimum Gasteiger partial charge on any atom is -0.352 e. The van der Waals surface area contributed by atoms with Crippen molar-refractivity contribution in [1.82, 2.24) is 15.1 Å². The number of rotatable bonds is 6. The Bertz CT molecular complexity index is 919. The van der Waals surface area contributed by atoms with Crippen LogP contribution in [-0.2, 0) is 17.8 Å². The van der Waals surface area contributed by atoms with Gasteiger partial charge in [0.05, 0.1) is 11.6 Å². The fraction of sp³-hybridized carbons (Fsp3) is 0.250. The van der Waals surface area contributed by atoms with Gasteiger partial charge in [0.2, 0.25) is 5.91 Å². The summed E-state index contributed by atoms with van der Waals surface area (Å²) in [5.74, 6) is -0.203. The third-order valence-electron chi connectivity index (χ3n) is 4.17. The first kappa shape index (κ1) is 16.9. The Balaban J connectivity index is 1.59. The monoisotopic (exact) mass is 335 g/mol. The highest BCUT2D eigenvalue weighted by Gasteiger charge is 2.11. The number of hydrogen-bond acceptors (Lipinski definition) is 3. The Labute approximate surface area is 146 Å². The molecule has 1 atom stereocenters. The van der Waals surface area contributed by atoms with Crippen molar-refractivity contribution in [3.63, 3.8) is 0 Å². The molecular weight excluding hydrogens is 314 g/mol. The van der Waals surface area contributed by atoms with Gasteiger partial charge in [-0.3, -0.25) is 9.59 Å². The molecule has 3 aromatic rings. The average Bonchev–Trinajstić information content (AvgIpc) is 2.63. The van der Waals surface area contributed by atoms with Crippen LogP contribution in [0.15, 0.2) is 65.6 Å². The summed E-state index contributed by atoms with van der Waals surface area (Å²) in [6.45, 7) is 1.90. The molecule has 0 aliphatic carbocycles. The van der Waals surface area contributed by atoms with E-state index in [1.165, 1.54) is 10.2 Å². The van der Waals surface area contributed by atoms with Gasteiger partial charge in [0, 0.05) is 11.4 Å². The van der Waals surface area contributed by atoms with Crippen molar-refractivity contribution in [3.05, 3.63) is 76.7 Å². The third kappa shape index (κ3) is 4.32. The van der Waals surface area contributed by atoms with E-state index in [-0.39, 0.29) is 24.1 Å². The number of nitrogens with zero attached hydrogens (tertiary/aromatic N) is 2. The lowest BCUT2D eigenvalue weighted by Gasteiger charge is -2.14. The van der Waals surface area contributed by atoms with Gasteiger partial charge in [-0.15, -0.1) is 0 Å². The lowest BCUT2D eigenvalue weighted by molar-refractivity contribution is -0.122. The van der Waals surface area contributed by atoms with Crippen molar-refractivity contribution in [2.75, 3.05) is 0 Å². The van der Waals surface area contributed by atoms with E-state index in [0.29, 0.717) is 5.39 Å². The lowest BCUT2D eigenvalue weighted by Crippen LogP contribution is -2.38. The molecule has 0 spiro atoms. The van der Waals surface area contributed by atoms with E-state index < -0.39 is 0 Å². The van der Waals surface area contributed by atoms with Crippen LogP contribution in [0.5, 0.6) is 0 Å². The van der Waals surface area contributed by atoms with Crippen LogP contribution >= 0.6 is 0 Å². The van der Waals surface area contributed by atoms with Crippen LogP contribution in [0.25, 0.3) is 10.8 Å². The van der Waals surface area contributed by atoms with Crippen LogP contribution in [0, 0.1) is 0 Å². The maximum atomic E-state index is 12.4. The highest BCUT2D eigenvalue weighted by molar-refractivity contribution is 5.81. The van der Waals surface area contributed by atoms with Crippen molar-refractivity contribution in [1.29, 1.82) is 0 Å². The molecule has 0 saturated heterocycles. The van der Waals surface area contributed by atoms with Gasteiger partial charge in [0.15, 0.2) is 0 Å². The summed E-state index contributed by atoms with van der Waals surface area (Å²) in [4.78, 5) is 24.6. The van der Waals surface area contributed by atoms with Crippen molar-refractivity contribution < 1.29 is 4.79 Å². The fourth-order valence-electron chi connectivity index (χ4n) is 2.80. The van der Waals surface area contributed by atoms with Gasteiger partial charge in [-0.05, 0) is 31.4 Å². The third-order valence-corrected chi connectivity index (χ3v) is 4.17.